The van der Waals surface area contributed by atoms with Crippen LogP contribution in [0, 0.1) is 5.82 Å². The molecule has 0 N–H and O–H groups in total. The quantitative estimate of drug-likeness (QED) is 0.582. The summed E-state index contributed by atoms with van der Waals surface area (Å²) in [4.78, 5) is 0. The van der Waals surface area contributed by atoms with Crippen molar-refractivity contribution in [3.05, 3.63) is 64.9 Å². The number of allylic oxidation sites excluding steroid dienone is 3. The van der Waals surface area contributed by atoms with Gasteiger partial charge in [-0.3, -0.25) is 0 Å². The van der Waals surface area contributed by atoms with Crippen molar-refractivity contribution in [3.63, 3.8) is 0 Å². The molecule has 0 saturated carbocycles. The van der Waals surface area contributed by atoms with Gasteiger partial charge in [-0.15, -0.1) is 0 Å². The summed E-state index contributed by atoms with van der Waals surface area (Å²) >= 11 is 6.08. The zero-order valence-corrected chi connectivity index (χ0v) is 11.9. The minimum Gasteiger partial charge on any atom is -0.497 e. The molecule has 0 heterocycles. The second kappa shape index (κ2) is 7.00. The first-order valence-electron chi connectivity index (χ1n) is 5.65. The molecule has 0 bridgehead atoms. The topological polar surface area (TPSA) is 18.5 Å². The zero-order chi connectivity index (χ0) is 14.4. The average Bonchev–Trinajstić information content (AvgIpc) is 2.40. The Morgan fingerprint density at radius 3 is 2.47 bits per heavy atom. The third-order valence-corrected chi connectivity index (χ3v) is 2.84. The molecule has 0 atom stereocenters. The lowest BCUT2D eigenvalue weighted by atomic mass is 10.0. The van der Waals surface area contributed by atoms with Gasteiger partial charge in [0.1, 0.15) is 17.3 Å². The van der Waals surface area contributed by atoms with Gasteiger partial charge in [0.15, 0.2) is 0 Å². The van der Waals surface area contributed by atoms with Gasteiger partial charge in [-0.25, -0.2) is 4.39 Å². The van der Waals surface area contributed by atoms with E-state index in [0.717, 1.165) is 0 Å². The second-order valence-corrected chi connectivity index (χ2v) is 4.07. The highest BCUT2D eigenvalue weighted by molar-refractivity contribution is 6.32. The highest BCUT2D eigenvalue weighted by atomic mass is 35.5. The van der Waals surface area contributed by atoms with Crippen molar-refractivity contribution in [2.75, 3.05) is 14.2 Å². The van der Waals surface area contributed by atoms with Crippen molar-refractivity contribution in [2.24, 2.45) is 0 Å². The van der Waals surface area contributed by atoms with Crippen LogP contribution in [0.25, 0.3) is 5.57 Å². The van der Waals surface area contributed by atoms with E-state index < -0.39 is 5.82 Å². The summed E-state index contributed by atoms with van der Waals surface area (Å²) < 4.78 is 24.4. The van der Waals surface area contributed by atoms with Crippen LogP contribution in [0.15, 0.2) is 48.4 Å². The lowest BCUT2D eigenvalue weighted by Gasteiger charge is -2.15. The van der Waals surface area contributed by atoms with Gasteiger partial charge in [0, 0.05) is 5.56 Å². The molecule has 0 saturated heterocycles. The minimum absolute atomic E-state index is 0.214. The highest BCUT2D eigenvalue weighted by Crippen LogP contribution is 2.34. The Labute approximate surface area is 117 Å². The number of benzene rings is 1. The zero-order valence-electron chi connectivity index (χ0n) is 11.2. The van der Waals surface area contributed by atoms with Crippen LogP contribution < -0.4 is 0 Å². The first kappa shape index (κ1) is 15.3. The molecule has 102 valence electrons. The van der Waals surface area contributed by atoms with Crippen LogP contribution in [0.1, 0.15) is 12.5 Å². The van der Waals surface area contributed by atoms with Crippen molar-refractivity contribution in [1.82, 2.24) is 0 Å². The maximum atomic E-state index is 14.0. The summed E-state index contributed by atoms with van der Waals surface area (Å²) in [5.74, 6) is 0.253. The monoisotopic (exact) mass is 282 g/mol. The summed E-state index contributed by atoms with van der Waals surface area (Å²) in [6, 6.07) is 4.47. The maximum absolute atomic E-state index is 14.0. The van der Waals surface area contributed by atoms with Crippen molar-refractivity contribution in [2.45, 2.75) is 6.92 Å². The number of rotatable bonds is 5. The molecule has 0 aliphatic rings. The first-order chi connectivity index (χ1) is 9.06. The summed E-state index contributed by atoms with van der Waals surface area (Å²) in [6.45, 7) is 5.59. The van der Waals surface area contributed by atoms with E-state index in [1.807, 2.05) is 6.92 Å². The third-order valence-electron chi connectivity index (χ3n) is 2.52. The van der Waals surface area contributed by atoms with E-state index in [1.165, 1.54) is 26.4 Å². The van der Waals surface area contributed by atoms with Gasteiger partial charge in [-0.05, 0) is 25.1 Å². The van der Waals surface area contributed by atoms with Gasteiger partial charge in [0.2, 0.25) is 0 Å². The Balaban J connectivity index is 3.62. The Hall–Kier alpha value is -1.74. The number of hydrogen-bond acceptors (Lipinski definition) is 2. The van der Waals surface area contributed by atoms with Crippen LogP contribution in [0.3, 0.4) is 0 Å². The smallest absolute Gasteiger partial charge is 0.132 e. The van der Waals surface area contributed by atoms with Crippen molar-refractivity contribution >= 4 is 17.2 Å². The molecule has 0 amide bonds. The van der Waals surface area contributed by atoms with Crippen molar-refractivity contribution in [1.29, 1.82) is 0 Å². The van der Waals surface area contributed by atoms with Crippen LogP contribution >= 0.6 is 11.6 Å². The molecule has 0 unspecified atom stereocenters. The van der Waals surface area contributed by atoms with Crippen molar-refractivity contribution in [3.8, 4) is 0 Å². The molecule has 1 rings (SSSR count). The average molecular weight is 283 g/mol. The fourth-order valence-corrected chi connectivity index (χ4v) is 1.90. The van der Waals surface area contributed by atoms with Crippen LogP contribution in [-0.4, -0.2) is 14.2 Å². The standard InChI is InChI=1S/C15H16ClFO2/c1-5-7-13(19-4)14(10(2)18-3)15-11(16)8-6-9-12(15)17/h5-9H,2H2,1,3-4H3/b7-5-,14-13-. The molecule has 0 spiro atoms. The third kappa shape index (κ3) is 3.38. The lowest BCUT2D eigenvalue weighted by molar-refractivity contribution is 0.291. The van der Waals surface area contributed by atoms with E-state index >= 15 is 0 Å². The Morgan fingerprint density at radius 2 is 2.00 bits per heavy atom. The van der Waals surface area contributed by atoms with E-state index in [2.05, 4.69) is 6.58 Å². The van der Waals surface area contributed by atoms with E-state index in [-0.39, 0.29) is 16.3 Å². The molecule has 0 fully saturated rings. The van der Waals surface area contributed by atoms with Crippen LogP contribution in [0.5, 0.6) is 0 Å². The van der Waals surface area contributed by atoms with Crippen molar-refractivity contribution < 1.29 is 13.9 Å². The van der Waals surface area contributed by atoms with Gasteiger partial charge in [-0.2, -0.15) is 0 Å². The largest absolute Gasteiger partial charge is 0.497 e. The fourth-order valence-electron chi connectivity index (χ4n) is 1.64. The van der Waals surface area contributed by atoms with E-state index in [4.69, 9.17) is 21.1 Å². The second-order valence-electron chi connectivity index (χ2n) is 3.67. The molecular weight excluding hydrogens is 267 g/mol. The summed E-state index contributed by atoms with van der Waals surface area (Å²) in [5, 5.41) is 0.271. The lowest BCUT2D eigenvalue weighted by Crippen LogP contribution is -2.01. The fraction of sp³-hybridized carbons (Fsp3) is 0.200. The maximum Gasteiger partial charge on any atom is 0.132 e. The van der Waals surface area contributed by atoms with E-state index in [0.29, 0.717) is 11.3 Å². The van der Waals surface area contributed by atoms with E-state index in [1.54, 1.807) is 18.2 Å². The summed E-state index contributed by atoms with van der Waals surface area (Å²) in [7, 11) is 2.95. The molecule has 19 heavy (non-hydrogen) atoms. The Bertz CT molecular complexity index is 513. The minimum atomic E-state index is -0.459. The van der Waals surface area contributed by atoms with Gasteiger partial charge in [0.25, 0.3) is 0 Å². The highest BCUT2D eigenvalue weighted by Gasteiger charge is 2.19. The molecular formula is C15H16ClFO2. The van der Waals surface area contributed by atoms with Gasteiger partial charge in [-0.1, -0.05) is 30.3 Å². The molecule has 0 radical (unpaired) electrons. The molecule has 4 heteroatoms. The number of halogens is 2. The molecule has 1 aromatic carbocycles. The van der Waals surface area contributed by atoms with Gasteiger partial charge < -0.3 is 9.47 Å². The van der Waals surface area contributed by atoms with Crippen LogP contribution in [-0.2, 0) is 9.47 Å². The van der Waals surface area contributed by atoms with Crippen LogP contribution in [0.2, 0.25) is 5.02 Å². The first-order valence-corrected chi connectivity index (χ1v) is 6.03. The Kier molecular flexibility index (Phi) is 5.64. The predicted molar refractivity (Wildman–Crippen MR) is 76.3 cm³/mol. The summed E-state index contributed by atoms with van der Waals surface area (Å²) in [6.07, 6.45) is 3.47. The summed E-state index contributed by atoms with van der Waals surface area (Å²) in [5.41, 5.74) is 0.608. The number of hydrogen-bond donors (Lipinski definition) is 0. The SMILES string of the molecule is C=C(OC)/C(=C(\C=C/C)OC)c1c(F)cccc1Cl. The molecule has 0 aromatic heterocycles. The molecule has 1 aromatic rings. The number of methoxy groups -OCH3 is 2. The molecule has 0 aliphatic heterocycles. The van der Waals surface area contributed by atoms with E-state index in [9.17, 15) is 4.39 Å². The normalized spacial score (nSPS) is 12.3. The number of ether oxygens (including phenoxy) is 2. The van der Waals surface area contributed by atoms with Crippen LogP contribution in [0.4, 0.5) is 4.39 Å². The molecule has 2 nitrogen and oxygen atoms in total. The Morgan fingerprint density at radius 1 is 1.32 bits per heavy atom. The van der Waals surface area contributed by atoms with Gasteiger partial charge >= 0.3 is 0 Å². The molecule has 0 aliphatic carbocycles. The van der Waals surface area contributed by atoms with Gasteiger partial charge in [0.05, 0.1) is 24.8 Å². The predicted octanol–water partition coefficient (Wildman–Crippen LogP) is 4.57.